The molecule has 0 aromatic carbocycles. The number of anilines is 1. The van der Waals surface area contributed by atoms with Crippen molar-refractivity contribution in [2.24, 2.45) is 11.1 Å². The summed E-state index contributed by atoms with van der Waals surface area (Å²) in [5, 5.41) is 0.972. The molecule has 0 saturated heterocycles. The van der Waals surface area contributed by atoms with Gasteiger partial charge in [-0.25, -0.2) is 0 Å². The zero-order chi connectivity index (χ0) is 12.3. The summed E-state index contributed by atoms with van der Waals surface area (Å²) >= 11 is 1.67. The van der Waals surface area contributed by atoms with E-state index in [9.17, 15) is 0 Å². The first-order chi connectivity index (χ1) is 7.39. The van der Waals surface area contributed by atoms with E-state index in [2.05, 4.69) is 18.8 Å². The zero-order valence-electron chi connectivity index (χ0n) is 10.7. The first kappa shape index (κ1) is 13.3. The summed E-state index contributed by atoms with van der Waals surface area (Å²) in [6.45, 7) is 4.97. The smallest absolute Gasteiger partial charge is 0.229 e. The molecule has 16 heavy (non-hydrogen) atoms. The molecule has 0 bridgehead atoms. The number of rotatable bonds is 5. The molecule has 0 saturated carbocycles. The summed E-state index contributed by atoms with van der Waals surface area (Å²) in [4.78, 5) is 7.59. The van der Waals surface area contributed by atoms with Gasteiger partial charge in [-0.3, -0.25) is 0 Å². The predicted octanol–water partition coefficient (Wildman–Crippen LogP) is 1.75. The van der Waals surface area contributed by atoms with E-state index < -0.39 is 0 Å². The number of hydrogen-bond acceptors (Lipinski definition) is 5. The van der Waals surface area contributed by atoms with Crippen LogP contribution in [0.4, 0.5) is 5.13 Å². The quantitative estimate of drug-likeness (QED) is 0.856. The van der Waals surface area contributed by atoms with Crippen LogP contribution in [-0.2, 0) is 6.42 Å². The van der Waals surface area contributed by atoms with Gasteiger partial charge >= 0.3 is 0 Å². The van der Waals surface area contributed by atoms with Crippen LogP contribution < -0.4 is 15.4 Å². The van der Waals surface area contributed by atoms with Gasteiger partial charge in [0.1, 0.15) is 0 Å². The predicted molar refractivity (Wildman–Crippen MR) is 69.5 cm³/mol. The van der Waals surface area contributed by atoms with Crippen LogP contribution in [0, 0.1) is 5.41 Å². The summed E-state index contributed by atoms with van der Waals surface area (Å²) in [5.74, 6) is 0.732. The van der Waals surface area contributed by atoms with Crippen LogP contribution in [-0.4, -0.2) is 32.7 Å². The van der Waals surface area contributed by atoms with Crippen molar-refractivity contribution in [1.82, 2.24) is 4.98 Å². The molecule has 1 aromatic rings. The second-order valence-electron chi connectivity index (χ2n) is 4.87. The van der Waals surface area contributed by atoms with Gasteiger partial charge in [0, 0.05) is 14.1 Å². The molecule has 0 amide bonds. The molecule has 0 aliphatic carbocycles. The third-order valence-electron chi connectivity index (χ3n) is 2.42. The minimum absolute atomic E-state index is 0.0867. The molecule has 2 N–H and O–H groups in total. The third-order valence-corrected chi connectivity index (χ3v) is 3.62. The molecule has 0 spiro atoms. The SMILES string of the molecule is COc1nc(N(C)C)sc1CC(C)(C)CN. The van der Waals surface area contributed by atoms with Crippen molar-refractivity contribution >= 4 is 16.5 Å². The lowest BCUT2D eigenvalue weighted by atomic mass is 9.89. The number of nitrogens with zero attached hydrogens (tertiary/aromatic N) is 2. The van der Waals surface area contributed by atoms with E-state index in [-0.39, 0.29) is 5.41 Å². The van der Waals surface area contributed by atoms with Crippen LogP contribution in [0.15, 0.2) is 0 Å². The molecule has 0 atom stereocenters. The van der Waals surface area contributed by atoms with Crippen molar-refractivity contribution in [1.29, 1.82) is 0 Å². The van der Waals surface area contributed by atoms with E-state index in [1.54, 1.807) is 18.4 Å². The van der Waals surface area contributed by atoms with Crippen LogP contribution in [0.2, 0.25) is 0 Å². The molecule has 92 valence electrons. The number of nitrogens with two attached hydrogens (primary N) is 1. The van der Waals surface area contributed by atoms with Gasteiger partial charge in [0.25, 0.3) is 0 Å². The van der Waals surface area contributed by atoms with Crippen molar-refractivity contribution in [3.05, 3.63) is 4.88 Å². The molecular weight excluding hydrogens is 222 g/mol. The average molecular weight is 243 g/mol. The summed E-state index contributed by atoms with van der Waals surface area (Å²) in [6, 6.07) is 0. The lowest BCUT2D eigenvalue weighted by molar-refractivity contribution is 0.358. The number of ether oxygens (including phenoxy) is 1. The molecule has 1 rings (SSSR count). The number of methoxy groups -OCH3 is 1. The number of aromatic nitrogens is 1. The summed E-state index contributed by atoms with van der Waals surface area (Å²) in [5.41, 5.74) is 5.83. The van der Waals surface area contributed by atoms with Crippen LogP contribution in [0.3, 0.4) is 0 Å². The summed E-state index contributed by atoms with van der Waals surface area (Å²) in [7, 11) is 5.62. The summed E-state index contributed by atoms with van der Waals surface area (Å²) < 4.78 is 5.30. The lowest BCUT2D eigenvalue weighted by Gasteiger charge is -2.21. The molecule has 0 aliphatic rings. The van der Waals surface area contributed by atoms with E-state index in [1.807, 2.05) is 19.0 Å². The molecule has 0 aliphatic heterocycles. The molecule has 1 aromatic heterocycles. The standard InChI is InChI=1S/C11H21N3OS/c1-11(2,7-12)6-8-9(15-5)13-10(16-8)14(3)4/h6-7,12H2,1-5H3. The maximum Gasteiger partial charge on any atom is 0.229 e. The highest BCUT2D eigenvalue weighted by Crippen LogP contribution is 2.35. The molecule has 0 fully saturated rings. The van der Waals surface area contributed by atoms with Crippen molar-refractivity contribution in [2.75, 3.05) is 32.6 Å². The van der Waals surface area contributed by atoms with Crippen molar-refractivity contribution in [3.8, 4) is 5.88 Å². The monoisotopic (exact) mass is 243 g/mol. The fraction of sp³-hybridized carbons (Fsp3) is 0.727. The highest BCUT2D eigenvalue weighted by atomic mass is 32.1. The number of thiazole rings is 1. The van der Waals surface area contributed by atoms with Gasteiger partial charge < -0.3 is 15.4 Å². The van der Waals surface area contributed by atoms with Crippen molar-refractivity contribution in [2.45, 2.75) is 20.3 Å². The van der Waals surface area contributed by atoms with E-state index in [1.165, 1.54) is 4.88 Å². The minimum atomic E-state index is 0.0867. The fourth-order valence-corrected chi connectivity index (χ4v) is 2.51. The zero-order valence-corrected chi connectivity index (χ0v) is 11.5. The van der Waals surface area contributed by atoms with Gasteiger partial charge in [0.05, 0.1) is 12.0 Å². The Morgan fingerprint density at radius 3 is 2.50 bits per heavy atom. The van der Waals surface area contributed by atoms with Crippen LogP contribution in [0.25, 0.3) is 0 Å². The Hall–Kier alpha value is -0.810. The van der Waals surface area contributed by atoms with Crippen molar-refractivity contribution < 1.29 is 4.74 Å². The molecule has 0 unspecified atom stereocenters. The fourth-order valence-electron chi connectivity index (χ4n) is 1.30. The van der Waals surface area contributed by atoms with E-state index in [0.29, 0.717) is 6.54 Å². The van der Waals surface area contributed by atoms with Gasteiger partial charge in [0.2, 0.25) is 5.88 Å². The van der Waals surface area contributed by atoms with Crippen molar-refractivity contribution in [3.63, 3.8) is 0 Å². The van der Waals surface area contributed by atoms with Crippen LogP contribution in [0.5, 0.6) is 5.88 Å². The van der Waals surface area contributed by atoms with E-state index in [0.717, 1.165) is 17.4 Å². The van der Waals surface area contributed by atoms with Gasteiger partial charge in [-0.15, -0.1) is 0 Å². The maximum absolute atomic E-state index is 5.75. The average Bonchev–Trinajstić information content (AvgIpc) is 2.60. The highest BCUT2D eigenvalue weighted by Gasteiger charge is 2.22. The van der Waals surface area contributed by atoms with Gasteiger partial charge in [-0.2, -0.15) is 4.98 Å². The minimum Gasteiger partial charge on any atom is -0.480 e. The molecule has 5 heteroatoms. The largest absolute Gasteiger partial charge is 0.480 e. The van der Waals surface area contributed by atoms with E-state index >= 15 is 0 Å². The maximum atomic E-state index is 5.75. The Bertz CT molecular complexity index is 347. The molecular formula is C11H21N3OS. The van der Waals surface area contributed by atoms with Gasteiger partial charge in [-0.1, -0.05) is 25.2 Å². The number of hydrogen-bond donors (Lipinski definition) is 1. The second kappa shape index (κ2) is 5.01. The van der Waals surface area contributed by atoms with Gasteiger partial charge in [0.15, 0.2) is 5.13 Å². The Balaban J connectivity index is 2.94. The first-order valence-electron chi connectivity index (χ1n) is 5.30. The third kappa shape index (κ3) is 3.09. The Kier molecular flexibility index (Phi) is 4.15. The summed E-state index contributed by atoms with van der Waals surface area (Å²) in [6.07, 6.45) is 0.901. The lowest BCUT2D eigenvalue weighted by Crippen LogP contribution is -2.25. The molecule has 0 radical (unpaired) electrons. The highest BCUT2D eigenvalue weighted by molar-refractivity contribution is 7.15. The Morgan fingerprint density at radius 2 is 2.06 bits per heavy atom. The van der Waals surface area contributed by atoms with Gasteiger partial charge in [-0.05, 0) is 18.4 Å². The molecule has 4 nitrogen and oxygen atoms in total. The van der Waals surface area contributed by atoms with Crippen LogP contribution >= 0.6 is 11.3 Å². The Morgan fingerprint density at radius 1 is 1.44 bits per heavy atom. The second-order valence-corrected chi connectivity index (χ2v) is 5.93. The molecule has 1 heterocycles. The topological polar surface area (TPSA) is 51.4 Å². The first-order valence-corrected chi connectivity index (χ1v) is 6.12. The Labute approximate surface area is 101 Å². The van der Waals surface area contributed by atoms with E-state index in [4.69, 9.17) is 10.5 Å². The van der Waals surface area contributed by atoms with Crippen LogP contribution in [0.1, 0.15) is 18.7 Å². The normalized spacial score (nSPS) is 11.6.